The first-order chi connectivity index (χ1) is 25.2. The Hall–Kier alpha value is -4.42. The average molecular weight is 855 g/mol. The summed E-state index contributed by atoms with van der Waals surface area (Å²) in [6.45, 7) is 3.34. The van der Waals surface area contributed by atoms with Crippen LogP contribution >= 0.6 is 11.6 Å². The van der Waals surface area contributed by atoms with Crippen molar-refractivity contribution in [1.29, 1.82) is 0 Å². The molecule has 0 heterocycles. The van der Waals surface area contributed by atoms with Crippen molar-refractivity contribution in [3.8, 4) is 23.0 Å². The van der Waals surface area contributed by atoms with Crippen molar-refractivity contribution in [3.63, 3.8) is 0 Å². The van der Waals surface area contributed by atoms with E-state index in [4.69, 9.17) is 11.6 Å². The number of nitro groups is 1. The van der Waals surface area contributed by atoms with Gasteiger partial charge in [-0.25, -0.2) is 0 Å². The van der Waals surface area contributed by atoms with E-state index >= 15 is 0 Å². The average Bonchev–Trinajstić information content (AvgIpc) is 3.12. The Morgan fingerprint density at radius 3 is 2.05 bits per heavy atom. The number of anilines is 1. The molecule has 21 heteroatoms. The maximum Gasteiger partial charge on any atom is 1.00 e. The van der Waals surface area contributed by atoms with Gasteiger partial charge in [-0.2, -0.15) is 8.42 Å². The standard InChI is InChI=1S/C19H14ClN3O6S.C16H11N3O4.Cr.2Na/c1-2-17(25)21-12-5-3-10-7-16(30(27,28)29)18(19(26)13(10)9-12)23-22-14-8-11(20)4-6-15(14)24;20-14-8-5-10-3-1-2-4-12(10)16(14)18-17-13-7-6-11(19(22)23)9-15(13)21;;;/h2-9,24,26H,1H2,(H,21,25)(H,27,28,29);1-9,20-21H;;;/q;;;2*+1. The number of aromatic hydroxyl groups is 4. The summed E-state index contributed by atoms with van der Waals surface area (Å²) in [5.74, 6) is -1.79. The van der Waals surface area contributed by atoms with Gasteiger partial charge in [0.05, 0.1) is 11.0 Å². The minimum atomic E-state index is -4.79. The summed E-state index contributed by atoms with van der Waals surface area (Å²) in [5.41, 5.74) is -0.247. The van der Waals surface area contributed by atoms with Gasteiger partial charge < -0.3 is 25.7 Å². The van der Waals surface area contributed by atoms with E-state index in [1.54, 1.807) is 12.1 Å². The third-order valence-electron chi connectivity index (χ3n) is 7.29. The summed E-state index contributed by atoms with van der Waals surface area (Å²) in [4.78, 5) is 20.8. The van der Waals surface area contributed by atoms with Crippen molar-refractivity contribution in [2.75, 3.05) is 5.32 Å². The number of hydrogen-bond donors (Lipinski definition) is 6. The number of nitro benzene ring substituents is 1. The van der Waals surface area contributed by atoms with Gasteiger partial charge in [0, 0.05) is 44.9 Å². The zero-order valence-corrected chi connectivity index (χ0v) is 36.1. The Kier molecular flexibility index (Phi) is 17.6. The number of nitrogens with zero attached hydrogens (tertiary/aromatic N) is 5. The van der Waals surface area contributed by atoms with E-state index in [2.05, 4.69) is 32.4 Å². The van der Waals surface area contributed by atoms with Crippen LogP contribution in [0.3, 0.4) is 0 Å². The third kappa shape index (κ3) is 11.6. The number of amides is 1. The second-order valence-electron chi connectivity index (χ2n) is 10.8. The summed E-state index contributed by atoms with van der Waals surface area (Å²) in [6.07, 6.45) is 1.06. The van der Waals surface area contributed by atoms with Crippen LogP contribution in [0.1, 0.15) is 0 Å². The number of phenols is 4. The number of hydrogen-bond acceptors (Lipinski definition) is 13. The molecule has 0 aromatic heterocycles. The van der Waals surface area contributed by atoms with Crippen molar-refractivity contribution >= 4 is 83.3 Å². The molecule has 0 aliphatic heterocycles. The molecule has 56 heavy (non-hydrogen) atoms. The van der Waals surface area contributed by atoms with Gasteiger partial charge in [-0.05, 0) is 65.4 Å². The van der Waals surface area contributed by atoms with E-state index in [1.165, 1.54) is 54.6 Å². The Morgan fingerprint density at radius 2 is 1.39 bits per heavy atom. The first-order valence-corrected chi connectivity index (χ1v) is 16.7. The van der Waals surface area contributed by atoms with Crippen LogP contribution in [0.15, 0.2) is 135 Å². The molecule has 0 spiro atoms. The van der Waals surface area contributed by atoms with Gasteiger partial charge >= 0.3 is 59.1 Å². The molecule has 0 fully saturated rings. The predicted molar refractivity (Wildman–Crippen MR) is 196 cm³/mol. The number of non-ortho nitro benzene ring substituents is 1. The van der Waals surface area contributed by atoms with Crippen LogP contribution in [-0.2, 0) is 32.3 Å². The van der Waals surface area contributed by atoms with E-state index < -0.39 is 37.3 Å². The van der Waals surface area contributed by atoms with Crippen LogP contribution in [0.25, 0.3) is 21.5 Å². The van der Waals surface area contributed by atoms with Crippen molar-refractivity contribution in [2.45, 2.75) is 4.90 Å². The number of nitrogens with one attached hydrogen (secondary N) is 1. The number of phenolic OH excluding ortho intramolecular Hbond substituents is 4. The molecular weight excluding hydrogens is 830 g/mol. The van der Waals surface area contributed by atoms with E-state index in [0.717, 1.165) is 23.6 Å². The molecule has 0 bridgehead atoms. The van der Waals surface area contributed by atoms with E-state index in [9.17, 15) is 48.3 Å². The second-order valence-corrected chi connectivity index (χ2v) is 12.6. The fourth-order valence-corrected chi connectivity index (χ4v) is 5.57. The molecule has 0 atom stereocenters. The molecule has 6 aromatic carbocycles. The minimum Gasteiger partial charge on any atom is -0.506 e. The maximum atomic E-state index is 11.8. The summed E-state index contributed by atoms with van der Waals surface area (Å²) in [5, 5.41) is 70.9. The summed E-state index contributed by atoms with van der Waals surface area (Å²) in [6, 6.07) is 23.4. The van der Waals surface area contributed by atoms with Crippen molar-refractivity contribution in [1.82, 2.24) is 0 Å². The Balaban J connectivity index is 0.000000378. The molecule has 16 nitrogen and oxygen atoms in total. The monoisotopic (exact) mass is 854 g/mol. The molecule has 0 unspecified atom stereocenters. The Morgan fingerprint density at radius 1 is 0.750 bits per heavy atom. The maximum absolute atomic E-state index is 11.8. The summed E-state index contributed by atoms with van der Waals surface area (Å²) < 4.78 is 33.3. The SMILES string of the molecule is C=CC(=O)Nc1ccc2cc(S(=O)(=O)O)c(N=Nc3cc(Cl)ccc3O)c(O)c2c1.O=[N+]([O-])c1ccc(N=Nc2c(O)ccc3ccccc23)c(O)c1.[Cr].[Na+].[Na+]. The fraction of sp³-hybridized carbons (Fsp3) is 0. The minimum absolute atomic E-state index is 0. The van der Waals surface area contributed by atoms with Gasteiger partial charge in [-0.1, -0.05) is 54.6 Å². The number of carbonyl (C=O) groups excluding carboxylic acids is 1. The second kappa shape index (κ2) is 20.7. The van der Waals surface area contributed by atoms with Gasteiger partial charge in [0.15, 0.2) is 5.75 Å². The predicted octanol–water partition coefficient (Wildman–Crippen LogP) is 3.27. The molecule has 6 rings (SSSR count). The molecule has 6 N–H and O–H groups in total. The van der Waals surface area contributed by atoms with Crippen molar-refractivity contribution in [2.24, 2.45) is 20.5 Å². The molecule has 0 aliphatic carbocycles. The quantitative estimate of drug-likeness (QED) is 0.0325. The Labute approximate surface area is 377 Å². The number of carbonyl (C=O) groups is 1. The number of azo groups is 2. The Bertz CT molecular complexity index is 2640. The van der Waals surface area contributed by atoms with E-state index in [0.29, 0.717) is 11.1 Å². The molecule has 0 saturated heterocycles. The number of fused-ring (bicyclic) bond motifs is 2. The smallest absolute Gasteiger partial charge is 0.506 e. The van der Waals surface area contributed by atoms with Crippen molar-refractivity contribution < 1.29 is 120 Å². The van der Waals surface area contributed by atoms with Crippen LogP contribution in [0.4, 0.5) is 34.1 Å². The fourth-order valence-electron chi connectivity index (χ4n) is 4.75. The zero-order chi connectivity index (χ0) is 38.4. The molecule has 6 aromatic rings. The molecular formula is C35H25ClCrN6Na2O10S+2. The van der Waals surface area contributed by atoms with Crippen LogP contribution < -0.4 is 64.4 Å². The molecule has 1 amide bonds. The number of benzene rings is 6. The third-order valence-corrected chi connectivity index (χ3v) is 8.39. The van der Waals surface area contributed by atoms with Gasteiger partial charge in [0.25, 0.3) is 15.8 Å². The van der Waals surface area contributed by atoms with Gasteiger partial charge in [0.1, 0.15) is 44.9 Å². The van der Waals surface area contributed by atoms with Crippen molar-refractivity contribution in [3.05, 3.63) is 125 Å². The summed E-state index contributed by atoms with van der Waals surface area (Å²) >= 11 is 5.84. The van der Waals surface area contributed by atoms with Gasteiger partial charge in [-0.3, -0.25) is 19.5 Å². The van der Waals surface area contributed by atoms with Crippen LogP contribution in [0.5, 0.6) is 23.0 Å². The van der Waals surface area contributed by atoms with Crippen LogP contribution in [0, 0.1) is 10.1 Å². The van der Waals surface area contributed by atoms with Crippen LogP contribution in [-0.4, -0.2) is 44.2 Å². The van der Waals surface area contributed by atoms with Crippen LogP contribution in [0.2, 0.25) is 5.02 Å². The molecule has 0 radical (unpaired) electrons. The van der Waals surface area contributed by atoms with E-state index in [-0.39, 0.29) is 132 Å². The number of rotatable bonds is 8. The largest absolute Gasteiger partial charge is 1.00 e. The first kappa shape index (κ1) is 47.7. The zero-order valence-electron chi connectivity index (χ0n) is 29.2. The number of halogens is 1. The molecule has 0 saturated carbocycles. The molecule has 274 valence electrons. The normalized spacial score (nSPS) is 10.8. The topological polar surface area (TPSA) is 257 Å². The first-order valence-electron chi connectivity index (χ1n) is 14.9. The molecule has 0 aliphatic rings. The van der Waals surface area contributed by atoms with Gasteiger partial charge in [-0.15, -0.1) is 20.5 Å². The van der Waals surface area contributed by atoms with Gasteiger partial charge in [0.2, 0.25) is 5.91 Å². The summed E-state index contributed by atoms with van der Waals surface area (Å²) in [7, 11) is -4.79. The van der Waals surface area contributed by atoms with E-state index in [1.807, 2.05) is 18.2 Å².